The zero-order chi connectivity index (χ0) is 21.6. The minimum atomic E-state index is -1.09. The van der Waals surface area contributed by atoms with Gasteiger partial charge in [-0.15, -0.1) is 0 Å². The van der Waals surface area contributed by atoms with Crippen molar-refractivity contribution in [2.45, 2.75) is 31.8 Å². The maximum atomic E-state index is 14.0. The van der Waals surface area contributed by atoms with E-state index in [0.29, 0.717) is 15.6 Å². The molecule has 0 bridgehead atoms. The zero-order valence-electron chi connectivity index (χ0n) is 15.5. The number of rotatable bonds is 8. The fourth-order valence-electron chi connectivity index (χ4n) is 2.74. The van der Waals surface area contributed by atoms with Gasteiger partial charge in [-0.05, 0) is 29.3 Å². The SMILES string of the molecule is CC(=O)N[C@@H](Cc1ccccc1F)C(=O)N[C@H](Cc1ccc(Cl)cc1Cl)C(N)=O. The molecule has 4 N–H and O–H groups in total. The molecular weight excluding hydrogens is 420 g/mol. The summed E-state index contributed by atoms with van der Waals surface area (Å²) >= 11 is 12.0. The van der Waals surface area contributed by atoms with Crippen LogP contribution in [0.4, 0.5) is 4.39 Å². The van der Waals surface area contributed by atoms with Crippen LogP contribution in [0.3, 0.4) is 0 Å². The molecule has 0 saturated heterocycles. The Morgan fingerprint density at radius 1 is 1.00 bits per heavy atom. The maximum absolute atomic E-state index is 14.0. The van der Waals surface area contributed by atoms with Crippen molar-refractivity contribution in [3.63, 3.8) is 0 Å². The Morgan fingerprint density at radius 2 is 1.66 bits per heavy atom. The number of nitrogens with one attached hydrogen (secondary N) is 2. The fraction of sp³-hybridized carbons (Fsp3) is 0.250. The summed E-state index contributed by atoms with van der Waals surface area (Å²) in [7, 11) is 0. The molecule has 9 heteroatoms. The molecule has 0 radical (unpaired) electrons. The third-order valence-electron chi connectivity index (χ3n) is 4.17. The number of primary amides is 1. The highest BCUT2D eigenvalue weighted by atomic mass is 35.5. The Hall–Kier alpha value is -2.64. The second-order valence-electron chi connectivity index (χ2n) is 6.45. The molecule has 2 rings (SSSR count). The van der Waals surface area contributed by atoms with Crippen LogP contribution in [0.15, 0.2) is 42.5 Å². The molecule has 0 heterocycles. The van der Waals surface area contributed by atoms with E-state index in [-0.39, 0.29) is 18.4 Å². The Balaban J connectivity index is 2.18. The van der Waals surface area contributed by atoms with Gasteiger partial charge in [0.2, 0.25) is 17.7 Å². The van der Waals surface area contributed by atoms with Crippen LogP contribution in [0.5, 0.6) is 0 Å². The lowest BCUT2D eigenvalue weighted by atomic mass is 10.0. The van der Waals surface area contributed by atoms with Gasteiger partial charge in [0.05, 0.1) is 0 Å². The average Bonchev–Trinajstić information content (AvgIpc) is 2.63. The van der Waals surface area contributed by atoms with E-state index in [1.807, 2.05) is 0 Å². The molecule has 0 unspecified atom stereocenters. The molecule has 2 atom stereocenters. The van der Waals surface area contributed by atoms with E-state index < -0.39 is 35.6 Å². The predicted octanol–water partition coefficient (Wildman–Crippen LogP) is 2.39. The van der Waals surface area contributed by atoms with Gasteiger partial charge >= 0.3 is 0 Å². The molecule has 0 saturated carbocycles. The third-order valence-corrected chi connectivity index (χ3v) is 4.76. The summed E-state index contributed by atoms with van der Waals surface area (Å²) in [5.74, 6) is -2.43. The molecule has 154 valence electrons. The van der Waals surface area contributed by atoms with Crippen LogP contribution in [-0.4, -0.2) is 29.8 Å². The first kappa shape index (κ1) is 22.6. The lowest BCUT2D eigenvalue weighted by Gasteiger charge is -2.22. The van der Waals surface area contributed by atoms with Gasteiger partial charge in [0.25, 0.3) is 0 Å². The van der Waals surface area contributed by atoms with E-state index in [9.17, 15) is 18.8 Å². The van der Waals surface area contributed by atoms with Crippen molar-refractivity contribution in [2.75, 3.05) is 0 Å². The van der Waals surface area contributed by atoms with Gasteiger partial charge in [0, 0.05) is 29.8 Å². The largest absolute Gasteiger partial charge is 0.368 e. The van der Waals surface area contributed by atoms with E-state index in [2.05, 4.69) is 10.6 Å². The molecule has 2 aromatic rings. The van der Waals surface area contributed by atoms with Crippen molar-refractivity contribution in [3.05, 3.63) is 69.5 Å². The normalized spacial score (nSPS) is 12.7. The van der Waals surface area contributed by atoms with Crippen molar-refractivity contribution >= 4 is 40.9 Å². The highest BCUT2D eigenvalue weighted by molar-refractivity contribution is 6.35. The van der Waals surface area contributed by atoms with Crippen LogP contribution in [0.2, 0.25) is 10.0 Å². The lowest BCUT2D eigenvalue weighted by molar-refractivity contribution is -0.130. The molecule has 3 amide bonds. The zero-order valence-corrected chi connectivity index (χ0v) is 17.1. The minimum Gasteiger partial charge on any atom is -0.368 e. The highest BCUT2D eigenvalue weighted by Crippen LogP contribution is 2.22. The molecule has 0 aliphatic rings. The number of halogens is 3. The van der Waals surface area contributed by atoms with Gasteiger partial charge in [-0.3, -0.25) is 14.4 Å². The maximum Gasteiger partial charge on any atom is 0.243 e. The summed E-state index contributed by atoms with van der Waals surface area (Å²) in [6, 6.07) is 8.46. The second kappa shape index (κ2) is 10.2. The van der Waals surface area contributed by atoms with Crippen LogP contribution >= 0.6 is 23.2 Å². The summed E-state index contributed by atoms with van der Waals surface area (Å²) in [4.78, 5) is 36.1. The molecule has 6 nitrogen and oxygen atoms in total. The third kappa shape index (κ3) is 6.73. The van der Waals surface area contributed by atoms with E-state index in [4.69, 9.17) is 28.9 Å². The van der Waals surface area contributed by atoms with Crippen molar-refractivity contribution in [1.29, 1.82) is 0 Å². The summed E-state index contributed by atoms with van der Waals surface area (Å²) in [6.45, 7) is 1.24. The summed E-state index contributed by atoms with van der Waals surface area (Å²) in [5.41, 5.74) is 6.23. The number of carbonyl (C=O) groups is 3. The van der Waals surface area contributed by atoms with Gasteiger partial charge < -0.3 is 16.4 Å². The van der Waals surface area contributed by atoms with Gasteiger partial charge in [-0.25, -0.2) is 4.39 Å². The minimum absolute atomic E-state index is 0.0313. The number of hydrogen-bond donors (Lipinski definition) is 3. The van der Waals surface area contributed by atoms with E-state index in [0.717, 1.165) is 0 Å². The highest BCUT2D eigenvalue weighted by Gasteiger charge is 2.26. The number of carbonyl (C=O) groups excluding carboxylic acids is 3. The molecule has 0 spiro atoms. The van der Waals surface area contributed by atoms with E-state index in [1.165, 1.54) is 31.2 Å². The average molecular weight is 440 g/mol. The van der Waals surface area contributed by atoms with Crippen LogP contribution in [0, 0.1) is 5.82 Å². The molecule has 0 aliphatic heterocycles. The van der Waals surface area contributed by atoms with E-state index >= 15 is 0 Å². The Kier molecular flexibility index (Phi) is 7.99. The number of nitrogens with two attached hydrogens (primary N) is 1. The fourth-order valence-corrected chi connectivity index (χ4v) is 3.23. The molecule has 29 heavy (non-hydrogen) atoms. The van der Waals surface area contributed by atoms with Gasteiger partial charge in [-0.1, -0.05) is 47.5 Å². The van der Waals surface area contributed by atoms with Gasteiger partial charge in [0.15, 0.2) is 0 Å². The number of amides is 3. The number of benzene rings is 2. The van der Waals surface area contributed by atoms with Crippen LogP contribution in [0.1, 0.15) is 18.1 Å². The molecule has 2 aromatic carbocycles. The van der Waals surface area contributed by atoms with Crippen molar-refractivity contribution < 1.29 is 18.8 Å². The molecular formula is C20H20Cl2FN3O3. The Labute approximate surface area is 177 Å². The summed E-state index contributed by atoms with van der Waals surface area (Å²) < 4.78 is 14.0. The van der Waals surface area contributed by atoms with Crippen molar-refractivity contribution in [3.8, 4) is 0 Å². The standard InChI is InChI=1S/C20H20Cl2FN3O3/c1-11(27)25-18(9-13-4-2-3-5-16(13)23)20(29)26-17(19(24)28)8-12-6-7-14(21)10-15(12)22/h2-7,10,17-18H,8-9H2,1H3,(H2,24,28)(H,25,27)(H,26,29)/t17-,18+/m1/s1. The molecule has 0 aromatic heterocycles. The van der Waals surface area contributed by atoms with Crippen LogP contribution in [-0.2, 0) is 27.2 Å². The van der Waals surface area contributed by atoms with Crippen LogP contribution < -0.4 is 16.4 Å². The van der Waals surface area contributed by atoms with Gasteiger partial charge in [0.1, 0.15) is 17.9 Å². The quantitative estimate of drug-likeness (QED) is 0.588. The van der Waals surface area contributed by atoms with E-state index in [1.54, 1.807) is 18.2 Å². The second-order valence-corrected chi connectivity index (χ2v) is 7.30. The first-order chi connectivity index (χ1) is 13.7. The first-order valence-electron chi connectivity index (χ1n) is 8.71. The predicted molar refractivity (Wildman–Crippen MR) is 109 cm³/mol. The van der Waals surface area contributed by atoms with Crippen molar-refractivity contribution in [2.24, 2.45) is 5.73 Å². The van der Waals surface area contributed by atoms with Gasteiger partial charge in [-0.2, -0.15) is 0 Å². The number of hydrogen-bond acceptors (Lipinski definition) is 3. The molecule has 0 aliphatic carbocycles. The monoisotopic (exact) mass is 439 g/mol. The summed E-state index contributed by atoms with van der Waals surface area (Å²) in [6.07, 6.45) is -0.0607. The van der Waals surface area contributed by atoms with Crippen molar-refractivity contribution in [1.82, 2.24) is 10.6 Å². The molecule has 0 fully saturated rings. The smallest absolute Gasteiger partial charge is 0.243 e. The Bertz CT molecular complexity index is 924. The first-order valence-corrected chi connectivity index (χ1v) is 9.47. The topological polar surface area (TPSA) is 101 Å². The Morgan fingerprint density at radius 3 is 2.24 bits per heavy atom. The summed E-state index contributed by atoms with van der Waals surface area (Å²) in [5, 5.41) is 5.73. The van der Waals surface area contributed by atoms with Crippen LogP contribution in [0.25, 0.3) is 0 Å². The lowest BCUT2D eigenvalue weighted by Crippen LogP contribution is -2.54.